The van der Waals surface area contributed by atoms with E-state index in [1.54, 1.807) is 0 Å². The van der Waals surface area contributed by atoms with Crippen LogP contribution in [0, 0.1) is 17.2 Å². The summed E-state index contributed by atoms with van der Waals surface area (Å²) in [7, 11) is 0. The lowest BCUT2D eigenvalue weighted by Gasteiger charge is -2.21. The maximum absolute atomic E-state index is 9.02. The third kappa shape index (κ3) is 5.73. The van der Waals surface area contributed by atoms with Crippen LogP contribution in [0.25, 0.3) is 0 Å². The van der Waals surface area contributed by atoms with Crippen molar-refractivity contribution in [3.8, 4) is 11.8 Å². The van der Waals surface area contributed by atoms with Crippen molar-refractivity contribution in [2.24, 2.45) is 5.92 Å². The topological polar surface area (TPSA) is 65.3 Å². The van der Waals surface area contributed by atoms with E-state index in [1.165, 1.54) is 0 Å². The van der Waals surface area contributed by atoms with Gasteiger partial charge in [0.2, 0.25) is 0 Å². The van der Waals surface area contributed by atoms with Crippen molar-refractivity contribution < 1.29 is 9.84 Å². The normalized spacial score (nSPS) is 12.2. The van der Waals surface area contributed by atoms with E-state index in [9.17, 15) is 0 Å². The SMILES string of the molecule is CC(C)C(CCO)NCc1ccc(OCC#N)cc1. The molecule has 0 saturated carbocycles. The van der Waals surface area contributed by atoms with E-state index in [0.717, 1.165) is 18.5 Å². The fourth-order valence-electron chi connectivity index (χ4n) is 1.88. The zero-order valence-electron chi connectivity index (χ0n) is 11.6. The highest BCUT2D eigenvalue weighted by molar-refractivity contribution is 5.27. The van der Waals surface area contributed by atoms with E-state index < -0.39 is 0 Å². The number of benzene rings is 1. The molecule has 0 bridgehead atoms. The van der Waals surface area contributed by atoms with E-state index in [1.807, 2.05) is 30.3 Å². The molecular weight excluding hydrogens is 240 g/mol. The average Bonchev–Trinajstić information content (AvgIpc) is 2.42. The van der Waals surface area contributed by atoms with Gasteiger partial charge in [0.15, 0.2) is 6.61 Å². The van der Waals surface area contributed by atoms with Gasteiger partial charge in [-0.15, -0.1) is 0 Å². The van der Waals surface area contributed by atoms with Gasteiger partial charge in [-0.1, -0.05) is 26.0 Å². The monoisotopic (exact) mass is 262 g/mol. The van der Waals surface area contributed by atoms with Gasteiger partial charge in [0.05, 0.1) is 0 Å². The summed E-state index contributed by atoms with van der Waals surface area (Å²) >= 11 is 0. The van der Waals surface area contributed by atoms with Crippen LogP contribution in [0.5, 0.6) is 5.75 Å². The van der Waals surface area contributed by atoms with Crippen molar-refractivity contribution in [2.75, 3.05) is 13.2 Å². The number of hydrogen-bond acceptors (Lipinski definition) is 4. The second-order valence-electron chi connectivity index (χ2n) is 4.83. The van der Waals surface area contributed by atoms with Crippen LogP contribution in [0.15, 0.2) is 24.3 Å². The summed E-state index contributed by atoms with van der Waals surface area (Å²) < 4.78 is 5.20. The molecule has 0 saturated heterocycles. The predicted molar refractivity (Wildman–Crippen MR) is 74.7 cm³/mol. The van der Waals surface area contributed by atoms with E-state index in [0.29, 0.717) is 17.7 Å². The number of hydrogen-bond donors (Lipinski definition) is 2. The van der Waals surface area contributed by atoms with Crippen LogP contribution < -0.4 is 10.1 Å². The number of nitriles is 1. The Bertz CT molecular complexity index is 396. The van der Waals surface area contributed by atoms with Crippen LogP contribution in [-0.4, -0.2) is 24.4 Å². The zero-order valence-corrected chi connectivity index (χ0v) is 11.6. The predicted octanol–water partition coefficient (Wildman–Crippen LogP) is 2.09. The van der Waals surface area contributed by atoms with Gasteiger partial charge in [-0.05, 0) is 30.0 Å². The molecule has 0 fully saturated rings. The molecule has 1 aromatic rings. The first kappa shape index (κ1) is 15.5. The van der Waals surface area contributed by atoms with E-state index in [4.69, 9.17) is 15.1 Å². The molecule has 1 unspecified atom stereocenters. The third-order valence-electron chi connectivity index (χ3n) is 3.04. The number of nitrogens with zero attached hydrogens (tertiary/aromatic N) is 1. The molecule has 0 aliphatic heterocycles. The van der Waals surface area contributed by atoms with Gasteiger partial charge in [0.1, 0.15) is 11.8 Å². The molecule has 0 aliphatic carbocycles. The minimum atomic E-state index is 0.0729. The smallest absolute Gasteiger partial charge is 0.174 e. The first-order valence-electron chi connectivity index (χ1n) is 6.60. The van der Waals surface area contributed by atoms with Gasteiger partial charge in [0, 0.05) is 19.2 Å². The number of nitrogens with one attached hydrogen (secondary N) is 1. The number of rotatable bonds is 8. The molecule has 0 aliphatic rings. The molecule has 4 heteroatoms. The Morgan fingerprint density at radius 3 is 2.53 bits per heavy atom. The van der Waals surface area contributed by atoms with Crippen LogP contribution >= 0.6 is 0 Å². The maximum Gasteiger partial charge on any atom is 0.174 e. The van der Waals surface area contributed by atoms with Crippen molar-refractivity contribution in [1.82, 2.24) is 5.32 Å². The molecule has 4 nitrogen and oxygen atoms in total. The third-order valence-corrected chi connectivity index (χ3v) is 3.04. The van der Waals surface area contributed by atoms with Gasteiger partial charge in [-0.25, -0.2) is 0 Å². The molecule has 2 N–H and O–H groups in total. The van der Waals surface area contributed by atoms with Crippen LogP contribution in [0.2, 0.25) is 0 Å². The first-order valence-corrected chi connectivity index (χ1v) is 6.60. The van der Waals surface area contributed by atoms with E-state index in [-0.39, 0.29) is 13.2 Å². The minimum Gasteiger partial charge on any atom is -0.479 e. The van der Waals surface area contributed by atoms with Gasteiger partial charge in [0.25, 0.3) is 0 Å². The fourth-order valence-corrected chi connectivity index (χ4v) is 1.88. The molecular formula is C15H22N2O2. The molecule has 104 valence electrons. The van der Waals surface area contributed by atoms with Crippen molar-refractivity contribution in [2.45, 2.75) is 32.9 Å². The van der Waals surface area contributed by atoms with E-state index in [2.05, 4.69) is 19.2 Å². The van der Waals surface area contributed by atoms with Gasteiger partial charge in [-0.3, -0.25) is 0 Å². The van der Waals surface area contributed by atoms with Gasteiger partial charge >= 0.3 is 0 Å². The van der Waals surface area contributed by atoms with E-state index >= 15 is 0 Å². The lowest BCUT2D eigenvalue weighted by molar-refractivity contribution is 0.244. The maximum atomic E-state index is 9.02. The molecule has 0 spiro atoms. The highest BCUT2D eigenvalue weighted by Gasteiger charge is 2.11. The van der Waals surface area contributed by atoms with Gasteiger partial charge in [-0.2, -0.15) is 5.26 Å². The van der Waals surface area contributed by atoms with Crippen LogP contribution in [-0.2, 0) is 6.54 Å². The molecule has 0 aromatic heterocycles. The molecule has 0 amide bonds. The van der Waals surface area contributed by atoms with Gasteiger partial charge < -0.3 is 15.2 Å². The Kier molecular flexibility index (Phi) is 6.94. The first-order chi connectivity index (χ1) is 9.17. The second kappa shape index (κ2) is 8.52. The molecule has 0 heterocycles. The zero-order chi connectivity index (χ0) is 14.1. The number of aliphatic hydroxyl groups excluding tert-OH is 1. The van der Waals surface area contributed by atoms with Crippen LogP contribution in [0.1, 0.15) is 25.8 Å². The molecule has 1 atom stereocenters. The molecule has 0 radical (unpaired) electrons. The summed E-state index contributed by atoms with van der Waals surface area (Å²) in [6.07, 6.45) is 0.765. The summed E-state index contributed by atoms with van der Waals surface area (Å²) in [5.74, 6) is 1.20. The lowest BCUT2D eigenvalue weighted by atomic mass is 10.0. The summed E-state index contributed by atoms with van der Waals surface area (Å²) in [4.78, 5) is 0. The highest BCUT2D eigenvalue weighted by Crippen LogP contribution is 2.13. The molecule has 1 aromatic carbocycles. The van der Waals surface area contributed by atoms with Crippen molar-refractivity contribution in [3.05, 3.63) is 29.8 Å². The van der Waals surface area contributed by atoms with Crippen molar-refractivity contribution >= 4 is 0 Å². The Hall–Kier alpha value is -1.57. The number of aliphatic hydroxyl groups is 1. The lowest BCUT2D eigenvalue weighted by Crippen LogP contribution is -2.34. The number of ether oxygens (including phenoxy) is 1. The van der Waals surface area contributed by atoms with Crippen LogP contribution in [0.3, 0.4) is 0 Å². The van der Waals surface area contributed by atoms with Crippen molar-refractivity contribution in [3.63, 3.8) is 0 Å². The quantitative estimate of drug-likeness (QED) is 0.753. The standard InChI is InChI=1S/C15H22N2O2/c1-12(2)15(7-9-18)17-11-13-3-5-14(6-4-13)19-10-8-16/h3-6,12,15,17-18H,7,9-11H2,1-2H3. The van der Waals surface area contributed by atoms with Crippen LogP contribution in [0.4, 0.5) is 0 Å². The largest absolute Gasteiger partial charge is 0.479 e. The second-order valence-corrected chi connectivity index (χ2v) is 4.83. The average molecular weight is 262 g/mol. The fraction of sp³-hybridized carbons (Fsp3) is 0.533. The summed E-state index contributed by atoms with van der Waals surface area (Å²) in [6, 6.07) is 9.95. The Balaban J connectivity index is 2.46. The van der Waals surface area contributed by atoms with Crippen molar-refractivity contribution in [1.29, 1.82) is 5.26 Å². The summed E-state index contributed by atoms with van der Waals surface area (Å²) in [5.41, 5.74) is 1.16. The summed E-state index contributed by atoms with van der Waals surface area (Å²) in [6.45, 7) is 5.33. The Morgan fingerprint density at radius 1 is 1.32 bits per heavy atom. The Labute approximate surface area is 115 Å². The summed E-state index contributed by atoms with van der Waals surface area (Å²) in [5, 5.41) is 20.9. The molecule has 1 rings (SSSR count). The Morgan fingerprint density at radius 2 is 2.00 bits per heavy atom. The minimum absolute atomic E-state index is 0.0729. The molecule has 19 heavy (non-hydrogen) atoms. The highest BCUT2D eigenvalue weighted by atomic mass is 16.5.